The second-order valence-corrected chi connectivity index (χ2v) is 9.94. The summed E-state index contributed by atoms with van der Waals surface area (Å²) in [5.74, 6) is 0.842. The average molecular weight is 445 g/mol. The largest absolute Gasteiger partial charge is 0.338 e. The monoisotopic (exact) mass is 444 g/mol. The summed E-state index contributed by atoms with van der Waals surface area (Å²) in [6.07, 6.45) is 5.86. The number of nitrogens with zero attached hydrogens (tertiary/aromatic N) is 5. The predicted molar refractivity (Wildman–Crippen MR) is 130 cm³/mol. The second kappa shape index (κ2) is 10.5. The lowest BCUT2D eigenvalue weighted by Gasteiger charge is -2.38. The molecule has 1 fully saturated rings. The van der Waals surface area contributed by atoms with Gasteiger partial charge in [-0.3, -0.25) is 4.90 Å². The molecule has 1 unspecified atom stereocenters. The van der Waals surface area contributed by atoms with Gasteiger partial charge in [-0.15, -0.1) is 23.1 Å². The van der Waals surface area contributed by atoms with Crippen molar-refractivity contribution >= 4 is 39.3 Å². The number of aromatic nitrogens is 3. The van der Waals surface area contributed by atoms with Gasteiger partial charge in [-0.25, -0.2) is 15.0 Å². The minimum Gasteiger partial charge on any atom is -0.338 e. The van der Waals surface area contributed by atoms with Crippen LogP contribution in [0.3, 0.4) is 0 Å². The number of thiazole rings is 1. The Morgan fingerprint density at radius 1 is 1.07 bits per heavy atom. The molecule has 30 heavy (non-hydrogen) atoms. The predicted octanol–water partition coefficient (Wildman–Crippen LogP) is 4.35. The lowest BCUT2D eigenvalue weighted by molar-refractivity contribution is 0.198. The van der Waals surface area contributed by atoms with Gasteiger partial charge in [-0.1, -0.05) is 19.9 Å². The summed E-state index contributed by atoms with van der Waals surface area (Å²) in [5, 5.41) is 1.13. The third-order valence-electron chi connectivity index (χ3n) is 5.00. The Bertz CT molecular complexity index is 930. The van der Waals surface area contributed by atoms with Crippen LogP contribution in [0.4, 0.5) is 5.95 Å². The van der Waals surface area contributed by atoms with Crippen molar-refractivity contribution in [3.05, 3.63) is 41.2 Å². The number of nitrogens with two attached hydrogens (primary N) is 1. The summed E-state index contributed by atoms with van der Waals surface area (Å²) >= 11 is 3.43. The fourth-order valence-electron chi connectivity index (χ4n) is 3.42. The van der Waals surface area contributed by atoms with E-state index in [0.29, 0.717) is 12.1 Å². The van der Waals surface area contributed by atoms with Gasteiger partial charge in [-0.05, 0) is 43.8 Å². The van der Waals surface area contributed by atoms with Crippen LogP contribution < -0.4 is 10.6 Å². The molecule has 1 atom stereocenters. The Morgan fingerprint density at radius 2 is 1.70 bits per heavy atom. The van der Waals surface area contributed by atoms with E-state index in [-0.39, 0.29) is 0 Å². The Balaban J connectivity index is 0.000000589. The molecular formula is C22H32N6S2. The van der Waals surface area contributed by atoms with Crippen LogP contribution in [0.2, 0.25) is 0 Å². The molecule has 162 valence electrons. The van der Waals surface area contributed by atoms with Crippen LogP contribution in [0.1, 0.15) is 37.4 Å². The quantitative estimate of drug-likeness (QED) is 0.600. The van der Waals surface area contributed by atoms with E-state index in [0.717, 1.165) is 47.5 Å². The van der Waals surface area contributed by atoms with E-state index in [1.54, 1.807) is 23.1 Å². The summed E-state index contributed by atoms with van der Waals surface area (Å²) in [4.78, 5) is 19.6. The van der Waals surface area contributed by atoms with Crippen LogP contribution >= 0.6 is 23.1 Å². The number of anilines is 1. The van der Waals surface area contributed by atoms with Gasteiger partial charge in [0.2, 0.25) is 5.95 Å². The summed E-state index contributed by atoms with van der Waals surface area (Å²) in [7, 11) is 0. The van der Waals surface area contributed by atoms with E-state index in [9.17, 15) is 0 Å². The highest BCUT2D eigenvalue weighted by Crippen LogP contribution is 2.28. The van der Waals surface area contributed by atoms with Gasteiger partial charge in [0.05, 0.1) is 15.2 Å². The molecule has 1 aliphatic heterocycles. The smallest absolute Gasteiger partial charge is 0.225 e. The summed E-state index contributed by atoms with van der Waals surface area (Å²) in [5.41, 5.74) is 7.58. The van der Waals surface area contributed by atoms with E-state index >= 15 is 0 Å². The minimum atomic E-state index is 0.333. The Labute approximate surface area is 187 Å². The van der Waals surface area contributed by atoms with E-state index in [2.05, 4.69) is 56.8 Å². The first kappa shape index (κ1) is 22.9. The number of thioether (sulfide) groups is 1. The maximum absolute atomic E-state index is 5.11. The van der Waals surface area contributed by atoms with Crippen molar-refractivity contribution in [1.82, 2.24) is 19.9 Å². The SMILES string of the molecule is CC(C)N.CSc1cnc(N2CCN(C(C)c3ccc4sc(C)nc4c3)CC2)nc1. The molecule has 1 aromatic carbocycles. The molecule has 4 rings (SSSR count). The number of hydrogen-bond donors (Lipinski definition) is 1. The first-order valence-corrected chi connectivity index (χ1v) is 12.4. The molecule has 8 heteroatoms. The molecule has 6 nitrogen and oxygen atoms in total. The number of rotatable bonds is 4. The highest BCUT2D eigenvalue weighted by Gasteiger charge is 2.23. The van der Waals surface area contributed by atoms with E-state index in [1.807, 2.05) is 32.5 Å². The van der Waals surface area contributed by atoms with Gasteiger partial charge in [0.25, 0.3) is 0 Å². The Morgan fingerprint density at radius 3 is 2.30 bits per heavy atom. The van der Waals surface area contributed by atoms with E-state index in [1.165, 1.54) is 10.3 Å². The van der Waals surface area contributed by atoms with Crippen molar-refractivity contribution in [2.24, 2.45) is 5.73 Å². The van der Waals surface area contributed by atoms with Crippen molar-refractivity contribution in [3.8, 4) is 0 Å². The summed E-state index contributed by atoms with van der Waals surface area (Å²) in [6.45, 7) is 12.2. The van der Waals surface area contributed by atoms with Crippen LogP contribution in [0.25, 0.3) is 10.2 Å². The Hall–Kier alpha value is -1.74. The summed E-state index contributed by atoms with van der Waals surface area (Å²) in [6, 6.07) is 7.44. The third-order valence-corrected chi connectivity index (χ3v) is 6.63. The molecule has 1 saturated heterocycles. The number of aryl methyl sites for hydroxylation is 1. The minimum absolute atomic E-state index is 0.333. The van der Waals surface area contributed by atoms with Crippen LogP contribution in [-0.4, -0.2) is 58.3 Å². The molecule has 2 N–H and O–H groups in total. The molecule has 3 heterocycles. The van der Waals surface area contributed by atoms with Crippen LogP contribution in [0, 0.1) is 6.92 Å². The fraction of sp³-hybridized carbons (Fsp3) is 0.500. The first-order valence-electron chi connectivity index (χ1n) is 10.3. The van der Waals surface area contributed by atoms with Crippen molar-refractivity contribution in [1.29, 1.82) is 0 Å². The standard InChI is InChI=1S/C19H23N5S2.C3H9N/c1-13(15-4-5-18-17(10-15)22-14(2)26-18)23-6-8-24(9-7-23)19-20-11-16(25-3)12-21-19;1-3(2)4/h4-5,10-13H,6-9H2,1-3H3;3H,4H2,1-2H3. The normalized spacial score (nSPS) is 15.9. The zero-order valence-electron chi connectivity index (χ0n) is 18.5. The number of benzene rings is 1. The molecule has 0 bridgehead atoms. The molecule has 0 spiro atoms. The van der Waals surface area contributed by atoms with Crippen molar-refractivity contribution in [2.45, 2.75) is 44.7 Å². The van der Waals surface area contributed by atoms with Crippen LogP contribution in [0.15, 0.2) is 35.5 Å². The second-order valence-electron chi connectivity index (χ2n) is 7.83. The molecule has 0 aliphatic carbocycles. The Kier molecular flexibility index (Phi) is 8.05. The van der Waals surface area contributed by atoms with Gasteiger partial charge in [-0.2, -0.15) is 0 Å². The molecular weight excluding hydrogens is 412 g/mol. The highest BCUT2D eigenvalue weighted by molar-refractivity contribution is 7.98. The molecule has 0 saturated carbocycles. The average Bonchev–Trinajstić information content (AvgIpc) is 3.12. The lowest BCUT2D eigenvalue weighted by Crippen LogP contribution is -2.47. The number of hydrogen-bond acceptors (Lipinski definition) is 8. The zero-order chi connectivity index (χ0) is 21.7. The number of piperazine rings is 1. The number of fused-ring (bicyclic) bond motifs is 1. The van der Waals surface area contributed by atoms with E-state index < -0.39 is 0 Å². The molecule has 0 amide bonds. The van der Waals surface area contributed by atoms with Crippen molar-refractivity contribution < 1.29 is 0 Å². The van der Waals surface area contributed by atoms with Crippen molar-refractivity contribution in [3.63, 3.8) is 0 Å². The van der Waals surface area contributed by atoms with E-state index in [4.69, 9.17) is 5.73 Å². The molecule has 2 aromatic heterocycles. The van der Waals surface area contributed by atoms with Crippen molar-refractivity contribution in [2.75, 3.05) is 37.3 Å². The van der Waals surface area contributed by atoms with Gasteiger partial charge in [0.15, 0.2) is 0 Å². The first-order chi connectivity index (χ1) is 14.4. The fourth-order valence-corrected chi connectivity index (χ4v) is 4.54. The highest BCUT2D eigenvalue weighted by atomic mass is 32.2. The van der Waals surface area contributed by atoms with Gasteiger partial charge < -0.3 is 10.6 Å². The molecule has 0 radical (unpaired) electrons. The lowest BCUT2D eigenvalue weighted by atomic mass is 10.1. The van der Waals surface area contributed by atoms with Crippen LogP contribution in [-0.2, 0) is 0 Å². The van der Waals surface area contributed by atoms with Gasteiger partial charge in [0, 0.05) is 49.5 Å². The maximum Gasteiger partial charge on any atom is 0.225 e. The zero-order valence-corrected chi connectivity index (χ0v) is 20.1. The van der Waals surface area contributed by atoms with Gasteiger partial charge in [0.1, 0.15) is 0 Å². The molecule has 3 aromatic rings. The maximum atomic E-state index is 5.11. The topological polar surface area (TPSA) is 71.2 Å². The third kappa shape index (κ3) is 5.91. The van der Waals surface area contributed by atoms with Gasteiger partial charge >= 0.3 is 0 Å². The summed E-state index contributed by atoms with van der Waals surface area (Å²) < 4.78 is 1.27. The molecule has 1 aliphatic rings. The van der Waals surface area contributed by atoms with Crippen LogP contribution in [0.5, 0.6) is 0 Å².